The molecule has 2 heterocycles. The fourth-order valence-electron chi connectivity index (χ4n) is 3.50. The highest BCUT2D eigenvalue weighted by Crippen LogP contribution is 2.35. The summed E-state index contributed by atoms with van der Waals surface area (Å²) in [5, 5.41) is 9.33. The van der Waals surface area contributed by atoms with E-state index in [1.807, 2.05) is 6.92 Å². The maximum atomic E-state index is 14.7. The first-order valence-electron chi connectivity index (χ1n) is 8.98. The smallest absolute Gasteiger partial charge is 0.415 e. The number of carbonyl (C=O) groups is 2. The second-order valence-corrected chi connectivity index (χ2v) is 7.80. The molecule has 148 valence electrons. The van der Waals surface area contributed by atoms with E-state index in [9.17, 15) is 23.5 Å². The lowest BCUT2D eigenvalue weighted by Crippen LogP contribution is -2.40. The molecule has 2 atom stereocenters. The lowest BCUT2D eigenvalue weighted by Gasteiger charge is -2.30. The number of carboxylic acids is 1. The van der Waals surface area contributed by atoms with E-state index >= 15 is 0 Å². The molecule has 0 radical (unpaired) electrons. The minimum absolute atomic E-state index is 0.0185. The normalized spacial score (nSPS) is 22.9. The fourth-order valence-corrected chi connectivity index (χ4v) is 4.40. The van der Waals surface area contributed by atoms with Crippen LogP contribution in [0.2, 0.25) is 0 Å². The highest BCUT2D eigenvalue weighted by molar-refractivity contribution is 7.99. The van der Waals surface area contributed by atoms with Gasteiger partial charge in [0.2, 0.25) is 6.10 Å². The lowest BCUT2D eigenvalue weighted by molar-refractivity contribution is -0.145. The summed E-state index contributed by atoms with van der Waals surface area (Å²) in [6.07, 6.45) is -0.429. The standard InChI is InChI=1S/C18H22F2N2O4S/c1-2-3-4-14-16(17(23)24)26-18(25)22(14)11-9-12(19)15(13(20)10-11)21-5-7-27-8-6-21/h9-10,14,16H,2-8H2,1H3,(H,23,24)/t14?,16-/m1/s1. The van der Waals surface area contributed by atoms with Gasteiger partial charge in [-0.2, -0.15) is 11.8 Å². The maximum absolute atomic E-state index is 14.7. The maximum Gasteiger partial charge on any atom is 0.415 e. The number of rotatable bonds is 6. The van der Waals surface area contributed by atoms with E-state index in [-0.39, 0.29) is 11.4 Å². The largest absolute Gasteiger partial charge is 0.478 e. The van der Waals surface area contributed by atoms with Gasteiger partial charge in [-0.15, -0.1) is 0 Å². The Hall–Kier alpha value is -2.03. The van der Waals surface area contributed by atoms with E-state index in [2.05, 4.69) is 0 Å². The first-order chi connectivity index (χ1) is 12.9. The topological polar surface area (TPSA) is 70.1 Å². The lowest BCUT2D eigenvalue weighted by atomic mass is 10.0. The summed E-state index contributed by atoms with van der Waals surface area (Å²) in [5.41, 5.74) is -0.124. The number of aliphatic carboxylic acids is 1. The van der Waals surface area contributed by atoms with E-state index in [1.54, 1.807) is 16.7 Å². The molecule has 27 heavy (non-hydrogen) atoms. The number of ether oxygens (including phenoxy) is 1. The minimum atomic E-state index is -1.35. The van der Waals surface area contributed by atoms with Crippen molar-refractivity contribution < 1.29 is 28.2 Å². The highest BCUT2D eigenvalue weighted by Gasteiger charge is 2.46. The third-order valence-electron chi connectivity index (χ3n) is 4.81. The van der Waals surface area contributed by atoms with Gasteiger partial charge in [-0.05, 0) is 6.42 Å². The molecular formula is C18H22F2N2O4S. The molecule has 2 aliphatic heterocycles. The van der Waals surface area contributed by atoms with Gasteiger partial charge in [0.25, 0.3) is 0 Å². The van der Waals surface area contributed by atoms with Gasteiger partial charge in [-0.3, -0.25) is 4.90 Å². The first-order valence-corrected chi connectivity index (χ1v) is 10.1. The Labute approximate surface area is 160 Å². The first kappa shape index (κ1) is 19.7. The van der Waals surface area contributed by atoms with E-state index in [1.165, 1.54) is 0 Å². The van der Waals surface area contributed by atoms with Gasteiger partial charge in [0.1, 0.15) is 5.69 Å². The van der Waals surface area contributed by atoms with E-state index < -0.39 is 35.8 Å². The summed E-state index contributed by atoms with van der Waals surface area (Å²) in [6, 6.07) is 1.38. The molecule has 9 heteroatoms. The SMILES string of the molecule is CCCCC1[C@H](C(=O)O)OC(=O)N1c1cc(F)c(N2CCSCC2)c(F)c1. The van der Waals surface area contributed by atoms with Crippen LogP contribution < -0.4 is 9.80 Å². The van der Waals surface area contributed by atoms with Crippen LogP contribution in [-0.4, -0.2) is 53.9 Å². The van der Waals surface area contributed by atoms with Crippen molar-refractivity contribution in [2.24, 2.45) is 0 Å². The Morgan fingerprint density at radius 2 is 1.93 bits per heavy atom. The molecule has 0 aliphatic carbocycles. The second kappa shape index (κ2) is 8.33. The number of nitrogens with zero attached hydrogens (tertiary/aromatic N) is 2. The summed E-state index contributed by atoms with van der Waals surface area (Å²) in [7, 11) is 0. The van der Waals surface area contributed by atoms with Gasteiger partial charge in [0.15, 0.2) is 11.6 Å². The molecule has 1 amide bonds. The molecule has 2 fully saturated rings. The van der Waals surface area contributed by atoms with Crippen molar-refractivity contribution in [3.63, 3.8) is 0 Å². The molecule has 6 nitrogen and oxygen atoms in total. The number of carboxylic acid groups (broad SMARTS) is 1. The van der Waals surface area contributed by atoms with Gasteiger partial charge in [0, 0.05) is 36.7 Å². The third kappa shape index (κ3) is 3.97. The minimum Gasteiger partial charge on any atom is -0.478 e. The molecular weight excluding hydrogens is 378 g/mol. The molecule has 2 saturated heterocycles. The molecule has 1 aromatic rings. The van der Waals surface area contributed by atoms with E-state index in [4.69, 9.17) is 4.74 Å². The molecule has 1 unspecified atom stereocenters. The summed E-state index contributed by atoms with van der Waals surface area (Å²) in [4.78, 5) is 26.4. The van der Waals surface area contributed by atoms with Crippen LogP contribution in [-0.2, 0) is 9.53 Å². The van der Waals surface area contributed by atoms with Crippen molar-refractivity contribution in [1.82, 2.24) is 0 Å². The Kier molecular flexibility index (Phi) is 6.08. The van der Waals surface area contributed by atoms with Gasteiger partial charge >= 0.3 is 12.1 Å². The van der Waals surface area contributed by atoms with Crippen LogP contribution in [0, 0.1) is 11.6 Å². The van der Waals surface area contributed by atoms with Crippen LogP contribution in [0.15, 0.2) is 12.1 Å². The Morgan fingerprint density at radius 3 is 2.48 bits per heavy atom. The third-order valence-corrected chi connectivity index (χ3v) is 5.75. The average molecular weight is 400 g/mol. The number of hydrogen-bond donors (Lipinski definition) is 1. The van der Waals surface area contributed by atoms with E-state index in [0.717, 1.165) is 35.0 Å². The van der Waals surface area contributed by atoms with Crippen LogP contribution in [0.3, 0.4) is 0 Å². The zero-order valence-electron chi connectivity index (χ0n) is 15.0. The fraction of sp³-hybridized carbons (Fsp3) is 0.556. The predicted molar refractivity (Wildman–Crippen MR) is 99.6 cm³/mol. The quantitative estimate of drug-likeness (QED) is 0.788. The van der Waals surface area contributed by atoms with Crippen LogP contribution >= 0.6 is 11.8 Å². The van der Waals surface area contributed by atoms with Gasteiger partial charge in [-0.25, -0.2) is 18.4 Å². The van der Waals surface area contributed by atoms with E-state index in [0.29, 0.717) is 25.9 Å². The monoisotopic (exact) mass is 400 g/mol. The number of amides is 1. The molecule has 0 bridgehead atoms. The number of thioether (sulfide) groups is 1. The molecule has 2 aliphatic rings. The number of unbranched alkanes of at least 4 members (excludes halogenated alkanes) is 1. The Bertz CT molecular complexity index is 704. The second-order valence-electron chi connectivity index (χ2n) is 6.58. The van der Waals surface area contributed by atoms with Gasteiger partial charge in [-0.1, -0.05) is 19.8 Å². The molecule has 0 saturated carbocycles. The van der Waals surface area contributed by atoms with Crippen molar-refractivity contribution in [2.75, 3.05) is 34.4 Å². The summed E-state index contributed by atoms with van der Waals surface area (Å²) in [5.74, 6) is -1.22. The van der Waals surface area contributed by atoms with Crippen LogP contribution in [0.25, 0.3) is 0 Å². The van der Waals surface area contributed by atoms with Crippen molar-refractivity contribution >= 4 is 35.2 Å². The average Bonchev–Trinajstić information content (AvgIpc) is 2.96. The molecule has 1 aromatic carbocycles. The molecule has 3 rings (SSSR count). The van der Waals surface area contributed by atoms with Gasteiger partial charge in [0.05, 0.1) is 11.7 Å². The summed E-state index contributed by atoms with van der Waals surface area (Å²) < 4.78 is 34.4. The van der Waals surface area contributed by atoms with Crippen molar-refractivity contribution in [1.29, 1.82) is 0 Å². The van der Waals surface area contributed by atoms with Crippen LogP contribution in [0.5, 0.6) is 0 Å². The van der Waals surface area contributed by atoms with Crippen molar-refractivity contribution in [3.05, 3.63) is 23.8 Å². The number of benzene rings is 1. The molecule has 0 spiro atoms. The summed E-state index contributed by atoms with van der Waals surface area (Å²) >= 11 is 1.73. The van der Waals surface area contributed by atoms with Crippen molar-refractivity contribution in [3.8, 4) is 0 Å². The number of carbonyl (C=O) groups excluding carboxylic acids is 1. The summed E-state index contributed by atoms with van der Waals surface area (Å²) in [6.45, 7) is 3.02. The van der Waals surface area contributed by atoms with Crippen LogP contribution in [0.4, 0.5) is 25.0 Å². The molecule has 0 aromatic heterocycles. The predicted octanol–water partition coefficient (Wildman–Crippen LogP) is 3.49. The van der Waals surface area contributed by atoms with Crippen LogP contribution in [0.1, 0.15) is 26.2 Å². The van der Waals surface area contributed by atoms with Crippen molar-refractivity contribution in [2.45, 2.75) is 38.3 Å². The molecule has 1 N–H and O–H groups in total. The zero-order chi connectivity index (χ0) is 19.6. The number of cyclic esters (lactones) is 1. The zero-order valence-corrected chi connectivity index (χ0v) is 15.8. The number of hydrogen-bond acceptors (Lipinski definition) is 5. The Balaban J connectivity index is 1.93. The van der Waals surface area contributed by atoms with Gasteiger partial charge < -0.3 is 14.7 Å². The number of anilines is 2. The number of halogens is 2. The highest BCUT2D eigenvalue weighted by atomic mass is 32.2. The Morgan fingerprint density at radius 1 is 1.30 bits per heavy atom.